The third kappa shape index (κ3) is 3.33. The number of piperidine rings is 1. The number of aromatic nitrogens is 2. The van der Waals surface area contributed by atoms with E-state index in [1.165, 1.54) is 7.11 Å². The van der Waals surface area contributed by atoms with Crippen molar-refractivity contribution in [3.63, 3.8) is 0 Å². The molecule has 1 atom stereocenters. The number of aromatic amines is 1. The molecule has 2 N–H and O–H groups in total. The zero-order valence-electron chi connectivity index (χ0n) is 14.8. The minimum absolute atomic E-state index is 0.278. The van der Waals surface area contributed by atoms with Gasteiger partial charge in [-0.1, -0.05) is 25.4 Å². The van der Waals surface area contributed by atoms with Crippen LogP contribution in [0.5, 0.6) is 0 Å². The molecule has 0 radical (unpaired) electrons. The summed E-state index contributed by atoms with van der Waals surface area (Å²) in [6.45, 7) is 5.42. The Hall–Kier alpha value is -1.79. The third-order valence-electron chi connectivity index (χ3n) is 5.52. The molecule has 1 unspecified atom stereocenters. The molecule has 1 saturated heterocycles. The fourth-order valence-electron chi connectivity index (χ4n) is 3.82. The van der Waals surface area contributed by atoms with Crippen LogP contribution in [0.4, 0.5) is 4.79 Å². The van der Waals surface area contributed by atoms with Crippen LogP contribution in [0.3, 0.4) is 0 Å². The monoisotopic (exact) mass is 365 g/mol. The van der Waals surface area contributed by atoms with Crippen molar-refractivity contribution in [2.75, 3.05) is 20.2 Å². The van der Waals surface area contributed by atoms with E-state index in [1.807, 2.05) is 6.07 Å². The number of aliphatic hydroxyl groups is 1. The van der Waals surface area contributed by atoms with Crippen LogP contribution in [0.1, 0.15) is 38.4 Å². The molecule has 3 rings (SSSR count). The van der Waals surface area contributed by atoms with Gasteiger partial charge in [0.25, 0.3) is 0 Å². The number of rotatable bonds is 3. The third-order valence-corrected chi connectivity index (χ3v) is 5.74. The molecule has 1 aromatic carbocycles. The number of H-pyrrole nitrogens is 1. The number of hydrogen-bond donors (Lipinski definition) is 2. The van der Waals surface area contributed by atoms with Crippen molar-refractivity contribution in [3.8, 4) is 0 Å². The molecule has 1 amide bonds. The Labute approximate surface area is 152 Å². The van der Waals surface area contributed by atoms with Crippen molar-refractivity contribution in [2.45, 2.75) is 32.8 Å². The van der Waals surface area contributed by atoms with E-state index in [0.29, 0.717) is 18.1 Å². The molecule has 1 aliphatic heterocycles. The zero-order valence-corrected chi connectivity index (χ0v) is 15.5. The van der Waals surface area contributed by atoms with Gasteiger partial charge in [-0.25, -0.2) is 4.79 Å². The largest absolute Gasteiger partial charge is 0.453 e. The second kappa shape index (κ2) is 6.84. The molecule has 1 aromatic heterocycles. The minimum atomic E-state index is -0.691. The number of amides is 1. The molecule has 0 saturated carbocycles. The summed E-state index contributed by atoms with van der Waals surface area (Å²) < 4.78 is 4.79. The summed E-state index contributed by atoms with van der Waals surface area (Å²) in [6.07, 6.45) is 2.38. The second-order valence-electron chi connectivity index (χ2n) is 7.28. The number of likely N-dealkylation sites (tertiary alicyclic amines) is 1. The minimum Gasteiger partial charge on any atom is -0.453 e. The van der Waals surface area contributed by atoms with E-state index in [0.717, 1.165) is 29.3 Å². The van der Waals surface area contributed by atoms with Gasteiger partial charge in [-0.2, -0.15) is 5.10 Å². The van der Waals surface area contributed by atoms with E-state index in [9.17, 15) is 9.90 Å². The summed E-state index contributed by atoms with van der Waals surface area (Å²) in [6, 6.07) is 3.64. The summed E-state index contributed by atoms with van der Waals surface area (Å²) in [5, 5.41) is 19.6. The summed E-state index contributed by atoms with van der Waals surface area (Å²) in [4.78, 5) is 13.4. The van der Waals surface area contributed by atoms with Gasteiger partial charge in [-0.3, -0.25) is 5.10 Å². The zero-order chi connectivity index (χ0) is 18.2. The molecular weight excluding hydrogens is 342 g/mol. The Morgan fingerprint density at radius 3 is 2.76 bits per heavy atom. The Morgan fingerprint density at radius 2 is 2.12 bits per heavy atom. The summed E-state index contributed by atoms with van der Waals surface area (Å²) in [5.74, 6) is 0.278. The number of methoxy groups -OCH3 is 1. The molecule has 1 aliphatic rings. The molecular formula is C18H24ClN3O3. The molecule has 0 aliphatic carbocycles. The van der Waals surface area contributed by atoms with Crippen LogP contribution in [0.15, 0.2) is 18.3 Å². The van der Waals surface area contributed by atoms with Crippen molar-refractivity contribution in [2.24, 2.45) is 11.3 Å². The van der Waals surface area contributed by atoms with Gasteiger partial charge in [0, 0.05) is 29.1 Å². The van der Waals surface area contributed by atoms with Gasteiger partial charge in [-0.05, 0) is 36.3 Å². The smallest absolute Gasteiger partial charge is 0.409 e. The second-order valence-corrected chi connectivity index (χ2v) is 7.72. The number of hydrogen-bond acceptors (Lipinski definition) is 4. The summed E-state index contributed by atoms with van der Waals surface area (Å²) >= 11 is 6.22. The lowest BCUT2D eigenvalue weighted by Gasteiger charge is -2.43. The molecule has 1 fully saturated rings. The maximum Gasteiger partial charge on any atom is 0.409 e. The van der Waals surface area contributed by atoms with E-state index in [-0.39, 0.29) is 17.4 Å². The van der Waals surface area contributed by atoms with Crippen LogP contribution < -0.4 is 0 Å². The lowest BCUT2D eigenvalue weighted by Crippen LogP contribution is -2.43. The molecule has 136 valence electrons. The lowest BCUT2D eigenvalue weighted by atomic mass is 9.68. The van der Waals surface area contributed by atoms with Crippen molar-refractivity contribution < 1.29 is 14.6 Å². The van der Waals surface area contributed by atoms with Crippen LogP contribution in [0, 0.1) is 11.3 Å². The normalized spacial score (nSPS) is 17.7. The van der Waals surface area contributed by atoms with Crippen LogP contribution >= 0.6 is 11.6 Å². The van der Waals surface area contributed by atoms with Gasteiger partial charge in [0.15, 0.2) is 0 Å². The maximum atomic E-state index is 11.7. The van der Waals surface area contributed by atoms with Gasteiger partial charge >= 0.3 is 6.09 Å². The predicted octanol–water partition coefficient (Wildman–Crippen LogP) is 3.75. The Morgan fingerprint density at radius 1 is 1.44 bits per heavy atom. The number of carbonyl (C=O) groups is 1. The number of halogens is 1. The highest BCUT2D eigenvalue weighted by molar-refractivity contribution is 6.31. The number of ether oxygens (including phenoxy) is 1. The molecule has 7 heteroatoms. The van der Waals surface area contributed by atoms with E-state index < -0.39 is 6.10 Å². The summed E-state index contributed by atoms with van der Waals surface area (Å²) in [7, 11) is 1.40. The average Bonchev–Trinajstić information content (AvgIpc) is 3.08. The van der Waals surface area contributed by atoms with E-state index >= 15 is 0 Å². The Bertz CT molecular complexity index is 766. The topological polar surface area (TPSA) is 78.4 Å². The number of fused-ring (bicyclic) bond motifs is 1. The first kappa shape index (κ1) is 18.0. The van der Waals surface area contributed by atoms with Crippen molar-refractivity contribution in [3.05, 3.63) is 28.9 Å². The van der Waals surface area contributed by atoms with E-state index in [2.05, 4.69) is 24.0 Å². The van der Waals surface area contributed by atoms with Crippen molar-refractivity contribution >= 4 is 28.6 Å². The number of nitrogens with one attached hydrogen (secondary N) is 1. The highest BCUT2D eigenvalue weighted by Crippen LogP contribution is 2.46. The highest BCUT2D eigenvalue weighted by Gasteiger charge is 2.40. The van der Waals surface area contributed by atoms with Gasteiger partial charge in [-0.15, -0.1) is 0 Å². The van der Waals surface area contributed by atoms with Crippen molar-refractivity contribution in [1.82, 2.24) is 15.1 Å². The molecule has 0 spiro atoms. The fraction of sp³-hybridized carbons (Fsp3) is 0.556. The maximum absolute atomic E-state index is 11.7. The molecule has 2 aromatic rings. The Balaban J connectivity index is 1.82. The molecule has 0 bridgehead atoms. The van der Waals surface area contributed by atoms with Gasteiger partial charge in [0.05, 0.1) is 24.9 Å². The SMILES string of the molecule is COC(=O)N1CCC(C(C)(C)C(O)c2cc(Cl)cc3cn[nH]c23)CC1. The molecule has 6 nitrogen and oxygen atoms in total. The van der Waals surface area contributed by atoms with E-state index in [1.54, 1.807) is 17.2 Å². The standard InChI is InChI=1S/C18H24ClN3O3/c1-18(2,12-4-6-22(7-5-12)17(24)25-3)16(23)14-9-13(19)8-11-10-20-21-15(11)14/h8-10,12,16,23H,4-7H2,1-3H3,(H,20,21). The number of aliphatic hydroxyl groups excluding tert-OH is 1. The van der Waals surface area contributed by atoms with Gasteiger partial charge in [0.2, 0.25) is 0 Å². The van der Waals surface area contributed by atoms with Gasteiger partial charge < -0.3 is 14.7 Å². The van der Waals surface area contributed by atoms with Crippen LogP contribution in [-0.4, -0.2) is 46.5 Å². The lowest BCUT2D eigenvalue weighted by molar-refractivity contribution is -0.0173. The number of nitrogens with zero attached hydrogens (tertiary/aromatic N) is 2. The Kier molecular flexibility index (Phi) is 4.93. The summed E-state index contributed by atoms with van der Waals surface area (Å²) in [5.41, 5.74) is 1.21. The first-order valence-corrected chi connectivity index (χ1v) is 8.86. The predicted molar refractivity (Wildman–Crippen MR) is 96.5 cm³/mol. The highest BCUT2D eigenvalue weighted by atomic mass is 35.5. The average molecular weight is 366 g/mol. The first-order chi connectivity index (χ1) is 11.8. The van der Waals surface area contributed by atoms with Crippen molar-refractivity contribution in [1.29, 1.82) is 0 Å². The molecule has 2 heterocycles. The quantitative estimate of drug-likeness (QED) is 0.868. The fourth-order valence-corrected chi connectivity index (χ4v) is 4.06. The van der Waals surface area contributed by atoms with Crippen LogP contribution in [-0.2, 0) is 4.74 Å². The van der Waals surface area contributed by atoms with Crippen LogP contribution in [0.2, 0.25) is 5.02 Å². The van der Waals surface area contributed by atoms with Gasteiger partial charge in [0.1, 0.15) is 0 Å². The van der Waals surface area contributed by atoms with E-state index in [4.69, 9.17) is 16.3 Å². The number of carbonyl (C=O) groups excluding carboxylic acids is 1. The first-order valence-electron chi connectivity index (χ1n) is 8.48. The molecule has 25 heavy (non-hydrogen) atoms. The van der Waals surface area contributed by atoms with Crippen LogP contribution in [0.25, 0.3) is 10.9 Å². The number of benzene rings is 1.